The lowest BCUT2D eigenvalue weighted by Crippen LogP contribution is -2.14. The Labute approximate surface area is 95.7 Å². The van der Waals surface area contributed by atoms with E-state index in [9.17, 15) is 4.79 Å². The van der Waals surface area contributed by atoms with Gasteiger partial charge in [-0.1, -0.05) is 4.49 Å². The zero-order chi connectivity index (χ0) is 11.4. The molecule has 2 rings (SSSR count). The lowest BCUT2D eigenvalue weighted by Gasteiger charge is -2.01. The highest BCUT2D eigenvalue weighted by atomic mass is 32.1. The van der Waals surface area contributed by atoms with Gasteiger partial charge in [-0.15, -0.1) is 5.10 Å². The lowest BCUT2D eigenvalue weighted by molar-refractivity contribution is -0.115. The van der Waals surface area contributed by atoms with Crippen molar-refractivity contribution in [2.75, 3.05) is 11.1 Å². The van der Waals surface area contributed by atoms with E-state index in [1.807, 2.05) is 0 Å². The number of rotatable bonds is 3. The summed E-state index contributed by atoms with van der Waals surface area (Å²) in [6.45, 7) is 0. The van der Waals surface area contributed by atoms with Crippen LogP contribution in [0.5, 0.6) is 0 Å². The highest BCUT2D eigenvalue weighted by Crippen LogP contribution is 2.10. The van der Waals surface area contributed by atoms with Crippen molar-refractivity contribution in [1.82, 2.24) is 14.6 Å². The monoisotopic (exact) mass is 235 g/mol. The van der Waals surface area contributed by atoms with Crippen LogP contribution in [0, 0.1) is 0 Å². The van der Waals surface area contributed by atoms with Crippen molar-refractivity contribution >= 4 is 28.1 Å². The van der Waals surface area contributed by atoms with Crippen molar-refractivity contribution < 1.29 is 4.79 Å². The smallest absolute Gasteiger partial charge is 0.231 e. The molecule has 0 aliphatic heterocycles. The molecule has 0 aliphatic carbocycles. The highest BCUT2D eigenvalue weighted by Gasteiger charge is 2.06. The molecule has 1 amide bonds. The van der Waals surface area contributed by atoms with Gasteiger partial charge in [0.05, 0.1) is 24.5 Å². The third kappa shape index (κ3) is 2.74. The molecule has 0 atom stereocenters. The van der Waals surface area contributed by atoms with Gasteiger partial charge in [0.2, 0.25) is 5.91 Å². The molecule has 82 valence electrons. The summed E-state index contributed by atoms with van der Waals surface area (Å²) in [6.07, 6.45) is 3.23. The molecular weight excluding hydrogens is 226 g/mol. The van der Waals surface area contributed by atoms with Crippen LogP contribution in [0.1, 0.15) is 5.69 Å². The van der Waals surface area contributed by atoms with E-state index in [1.54, 1.807) is 12.1 Å². The highest BCUT2D eigenvalue weighted by molar-refractivity contribution is 7.10. The minimum atomic E-state index is -0.150. The maximum Gasteiger partial charge on any atom is 0.231 e. The number of nitrogen functional groups attached to an aromatic ring is 1. The summed E-state index contributed by atoms with van der Waals surface area (Å²) >= 11 is 1.13. The van der Waals surface area contributed by atoms with Gasteiger partial charge in [0.25, 0.3) is 0 Å². The lowest BCUT2D eigenvalue weighted by atomic mass is 10.2. The Morgan fingerprint density at radius 3 is 2.94 bits per heavy atom. The predicted molar refractivity (Wildman–Crippen MR) is 60.9 cm³/mol. The van der Waals surface area contributed by atoms with Crippen LogP contribution >= 0.6 is 11.5 Å². The van der Waals surface area contributed by atoms with E-state index < -0.39 is 0 Å². The predicted octanol–water partition coefficient (Wildman–Crippen LogP) is 0.697. The van der Waals surface area contributed by atoms with Gasteiger partial charge in [-0.05, 0) is 12.1 Å². The number of pyridine rings is 1. The van der Waals surface area contributed by atoms with Gasteiger partial charge in [-0.3, -0.25) is 9.78 Å². The van der Waals surface area contributed by atoms with Crippen molar-refractivity contribution in [2.24, 2.45) is 0 Å². The molecule has 0 fully saturated rings. The average Bonchev–Trinajstić information content (AvgIpc) is 2.74. The van der Waals surface area contributed by atoms with Gasteiger partial charge in [-0.2, -0.15) is 0 Å². The van der Waals surface area contributed by atoms with E-state index in [0.717, 1.165) is 11.5 Å². The molecule has 0 aromatic carbocycles. The van der Waals surface area contributed by atoms with Crippen molar-refractivity contribution in [3.8, 4) is 0 Å². The molecule has 2 aromatic heterocycles. The van der Waals surface area contributed by atoms with E-state index in [1.165, 1.54) is 12.4 Å². The van der Waals surface area contributed by atoms with Gasteiger partial charge < -0.3 is 11.1 Å². The molecule has 2 aromatic rings. The summed E-state index contributed by atoms with van der Waals surface area (Å²) in [5, 5.41) is 6.91. The molecule has 3 N–H and O–H groups in total. The molecule has 16 heavy (non-hydrogen) atoms. The summed E-state index contributed by atoms with van der Waals surface area (Å²) in [7, 11) is 0. The Bertz CT molecular complexity index is 467. The van der Waals surface area contributed by atoms with Crippen molar-refractivity contribution in [3.63, 3.8) is 0 Å². The van der Waals surface area contributed by atoms with Crippen LogP contribution in [-0.2, 0) is 11.2 Å². The fraction of sp³-hybridized carbons (Fsp3) is 0.111. The first-order valence-corrected chi connectivity index (χ1v) is 5.29. The molecule has 0 spiro atoms. The van der Waals surface area contributed by atoms with Crippen LogP contribution in [0.3, 0.4) is 0 Å². The van der Waals surface area contributed by atoms with Crippen molar-refractivity contribution in [1.29, 1.82) is 0 Å². The Morgan fingerprint density at radius 2 is 2.31 bits per heavy atom. The van der Waals surface area contributed by atoms with Crippen LogP contribution in [0.15, 0.2) is 24.5 Å². The summed E-state index contributed by atoms with van der Waals surface area (Å²) in [5.41, 5.74) is 6.74. The topological polar surface area (TPSA) is 93.8 Å². The maximum absolute atomic E-state index is 11.5. The number of carbonyl (C=O) groups is 1. The molecule has 7 heteroatoms. The third-order valence-corrected chi connectivity index (χ3v) is 2.39. The summed E-state index contributed by atoms with van der Waals surface area (Å²) in [5.74, 6) is -0.150. The zero-order valence-corrected chi connectivity index (χ0v) is 9.07. The largest absolute Gasteiger partial charge is 0.397 e. The third-order valence-electron chi connectivity index (χ3n) is 1.81. The Balaban J connectivity index is 1.95. The molecule has 0 saturated carbocycles. The summed E-state index contributed by atoms with van der Waals surface area (Å²) in [6, 6.07) is 3.43. The molecule has 2 heterocycles. The second kappa shape index (κ2) is 4.67. The van der Waals surface area contributed by atoms with Gasteiger partial charge >= 0.3 is 0 Å². The van der Waals surface area contributed by atoms with Crippen LogP contribution in [-0.4, -0.2) is 20.5 Å². The quantitative estimate of drug-likeness (QED) is 0.816. The summed E-state index contributed by atoms with van der Waals surface area (Å²) in [4.78, 5) is 15.6. The summed E-state index contributed by atoms with van der Waals surface area (Å²) < 4.78 is 3.64. The van der Waals surface area contributed by atoms with E-state index in [-0.39, 0.29) is 12.3 Å². The van der Waals surface area contributed by atoms with E-state index in [2.05, 4.69) is 19.9 Å². The second-order valence-corrected chi connectivity index (χ2v) is 3.88. The van der Waals surface area contributed by atoms with Crippen LogP contribution in [0.4, 0.5) is 10.7 Å². The van der Waals surface area contributed by atoms with Gasteiger partial charge in [0.1, 0.15) is 5.00 Å². The van der Waals surface area contributed by atoms with E-state index in [0.29, 0.717) is 16.4 Å². The Hall–Kier alpha value is -2.02. The normalized spacial score (nSPS) is 10.0. The fourth-order valence-corrected chi connectivity index (χ4v) is 1.54. The van der Waals surface area contributed by atoms with Crippen LogP contribution < -0.4 is 11.1 Å². The number of nitrogens with two attached hydrogens (primary N) is 1. The first-order chi connectivity index (χ1) is 7.74. The number of hydrogen-bond acceptors (Lipinski definition) is 6. The number of nitrogens with zero attached hydrogens (tertiary/aromatic N) is 3. The number of carbonyl (C=O) groups excluding carboxylic acids is 1. The van der Waals surface area contributed by atoms with Crippen LogP contribution in [0.2, 0.25) is 0 Å². The van der Waals surface area contributed by atoms with Gasteiger partial charge in [-0.25, -0.2) is 0 Å². The standard InChI is InChI=1S/C9H9N5OS/c10-6-1-2-7(11-4-6)3-8(15)13-9-5-12-14-16-9/h1-2,4-5H,3,10H2,(H,13,15). The van der Waals surface area contributed by atoms with E-state index >= 15 is 0 Å². The SMILES string of the molecule is Nc1ccc(CC(=O)Nc2cnns2)nc1. The van der Waals surface area contributed by atoms with E-state index in [4.69, 9.17) is 5.73 Å². The van der Waals surface area contributed by atoms with Crippen molar-refractivity contribution in [3.05, 3.63) is 30.2 Å². The maximum atomic E-state index is 11.5. The molecule has 0 saturated heterocycles. The number of hydrogen-bond donors (Lipinski definition) is 2. The van der Waals surface area contributed by atoms with Gasteiger partial charge in [0, 0.05) is 17.2 Å². The van der Waals surface area contributed by atoms with Crippen LogP contribution in [0.25, 0.3) is 0 Å². The number of amides is 1. The molecule has 0 bridgehead atoms. The van der Waals surface area contributed by atoms with Gasteiger partial charge in [0.15, 0.2) is 0 Å². The molecule has 6 nitrogen and oxygen atoms in total. The second-order valence-electron chi connectivity index (χ2n) is 3.09. The first-order valence-electron chi connectivity index (χ1n) is 4.51. The number of anilines is 2. The molecule has 0 unspecified atom stereocenters. The minimum Gasteiger partial charge on any atom is -0.397 e. The van der Waals surface area contributed by atoms with Crippen molar-refractivity contribution in [2.45, 2.75) is 6.42 Å². The molecule has 0 aliphatic rings. The Morgan fingerprint density at radius 1 is 1.44 bits per heavy atom. The number of aromatic nitrogens is 3. The fourth-order valence-electron chi connectivity index (χ4n) is 1.11. The molecular formula is C9H9N5OS. The minimum absolute atomic E-state index is 0.150. The first kappa shape index (κ1) is 10.5. The molecule has 0 radical (unpaired) electrons. The zero-order valence-electron chi connectivity index (χ0n) is 8.25. The number of nitrogens with one attached hydrogen (secondary N) is 1. The average molecular weight is 235 g/mol. The Kier molecular flexibility index (Phi) is 3.06.